The smallest absolute Gasteiger partial charge is 0.168 e. The molecule has 2 aliphatic heterocycles. The van der Waals surface area contributed by atoms with Gasteiger partial charge in [-0.15, -0.1) is 0 Å². The quantitative estimate of drug-likeness (QED) is 0.772. The van der Waals surface area contributed by atoms with Gasteiger partial charge in [-0.1, -0.05) is 6.92 Å². The molecule has 3 nitrogen and oxygen atoms in total. The van der Waals surface area contributed by atoms with Crippen LogP contribution < -0.4 is 14.2 Å². The van der Waals surface area contributed by atoms with E-state index in [1.807, 2.05) is 0 Å². The van der Waals surface area contributed by atoms with Gasteiger partial charge in [-0.05, 0) is 44.1 Å². The molecule has 0 saturated carbocycles. The van der Waals surface area contributed by atoms with E-state index in [4.69, 9.17) is 14.2 Å². The third-order valence-corrected chi connectivity index (χ3v) is 4.17. The number of hydrogen-bond donors (Lipinski definition) is 0. The van der Waals surface area contributed by atoms with Crippen molar-refractivity contribution < 1.29 is 14.2 Å². The highest BCUT2D eigenvalue weighted by molar-refractivity contribution is 5.59. The molecular weight excluding hydrogens is 240 g/mol. The Hall–Kier alpha value is -1.38. The molecule has 0 aliphatic carbocycles. The Morgan fingerprint density at radius 2 is 1.89 bits per heavy atom. The van der Waals surface area contributed by atoms with Gasteiger partial charge in [0.2, 0.25) is 0 Å². The fourth-order valence-corrected chi connectivity index (χ4v) is 3.07. The van der Waals surface area contributed by atoms with E-state index in [9.17, 15) is 0 Å². The lowest BCUT2D eigenvalue weighted by molar-refractivity contribution is 0.287. The van der Waals surface area contributed by atoms with E-state index in [2.05, 4.69) is 13.0 Å². The summed E-state index contributed by atoms with van der Waals surface area (Å²) in [6, 6.07) is 2.12. The summed E-state index contributed by atoms with van der Waals surface area (Å²) >= 11 is 0. The minimum absolute atomic E-state index is 0.528. The molecule has 3 heteroatoms. The Morgan fingerprint density at radius 3 is 2.74 bits per heavy atom. The lowest BCUT2D eigenvalue weighted by atomic mass is 9.92. The number of rotatable bonds is 1. The maximum atomic E-state index is 6.04. The molecule has 1 unspecified atom stereocenters. The summed E-state index contributed by atoms with van der Waals surface area (Å²) in [6.07, 6.45) is 5.58. The number of fused-ring (bicyclic) bond motifs is 3. The maximum absolute atomic E-state index is 6.04. The van der Waals surface area contributed by atoms with Crippen molar-refractivity contribution >= 4 is 0 Å². The first kappa shape index (κ1) is 12.6. The van der Waals surface area contributed by atoms with Crippen molar-refractivity contribution in [3.8, 4) is 17.2 Å². The Kier molecular flexibility index (Phi) is 3.54. The summed E-state index contributed by atoms with van der Waals surface area (Å²) < 4.78 is 17.5. The third-order valence-electron chi connectivity index (χ3n) is 4.17. The summed E-state index contributed by atoms with van der Waals surface area (Å²) in [5, 5.41) is 0. The molecule has 3 rings (SSSR count). The lowest BCUT2D eigenvalue weighted by Gasteiger charge is -2.20. The molecule has 0 fully saturated rings. The first-order valence-electron chi connectivity index (χ1n) is 7.30. The van der Waals surface area contributed by atoms with E-state index in [1.165, 1.54) is 17.5 Å². The first-order valence-corrected chi connectivity index (χ1v) is 7.30. The summed E-state index contributed by atoms with van der Waals surface area (Å²) in [5.74, 6) is 3.38. The average Bonchev–Trinajstić information content (AvgIpc) is 2.76. The van der Waals surface area contributed by atoms with Crippen LogP contribution in [0.4, 0.5) is 0 Å². The van der Waals surface area contributed by atoms with E-state index in [0.29, 0.717) is 5.92 Å². The molecular formula is C16H22O3. The zero-order valence-corrected chi connectivity index (χ0v) is 11.8. The van der Waals surface area contributed by atoms with E-state index < -0.39 is 0 Å². The van der Waals surface area contributed by atoms with Gasteiger partial charge in [0.05, 0.1) is 20.3 Å². The molecule has 0 N–H and O–H groups in total. The molecule has 1 atom stereocenters. The van der Waals surface area contributed by atoms with Crippen molar-refractivity contribution in [2.45, 2.75) is 44.9 Å². The van der Waals surface area contributed by atoms with Crippen molar-refractivity contribution in [1.82, 2.24) is 0 Å². The molecule has 2 heterocycles. The zero-order chi connectivity index (χ0) is 13.2. The molecule has 0 aromatic heterocycles. The van der Waals surface area contributed by atoms with Crippen molar-refractivity contribution in [3.63, 3.8) is 0 Å². The molecule has 19 heavy (non-hydrogen) atoms. The third kappa shape index (κ3) is 2.26. The minimum atomic E-state index is 0.528. The van der Waals surface area contributed by atoms with E-state index in [0.717, 1.165) is 56.1 Å². The van der Waals surface area contributed by atoms with Gasteiger partial charge in [0.15, 0.2) is 11.5 Å². The highest BCUT2D eigenvalue weighted by Crippen LogP contribution is 2.46. The van der Waals surface area contributed by atoms with Gasteiger partial charge in [-0.3, -0.25) is 0 Å². The SMILES string of the molecule is COc1cc2c(c3c1OCCCC3)OCCCC2C. The van der Waals surface area contributed by atoms with Gasteiger partial charge >= 0.3 is 0 Å². The van der Waals surface area contributed by atoms with E-state index in [1.54, 1.807) is 7.11 Å². The molecule has 104 valence electrons. The van der Waals surface area contributed by atoms with Gasteiger partial charge in [0, 0.05) is 11.1 Å². The largest absolute Gasteiger partial charge is 0.493 e. The number of hydrogen-bond acceptors (Lipinski definition) is 3. The highest BCUT2D eigenvalue weighted by Gasteiger charge is 2.26. The molecule has 1 aromatic rings. The van der Waals surface area contributed by atoms with Gasteiger partial charge in [-0.25, -0.2) is 0 Å². The second kappa shape index (κ2) is 5.32. The van der Waals surface area contributed by atoms with Crippen LogP contribution in [0.3, 0.4) is 0 Å². The van der Waals surface area contributed by atoms with E-state index in [-0.39, 0.29) is 0 Å². The predicted molar refractivity (Wildman–Crippen MR) is 74.6 cm³/mol. The van der Waals surface area contributed by atoms with Crippen LogP contribution in [-0.4, -0.2) is 20.3 Å². The maximum Gasteiger partial charge on any atom is 0.168 e. The number of benzene rings is 1. The Labute approximate surface area is 114 Å². The molecule has 0 bridgehead atoms. The van der Waals surface area contributed by atoms with Gasteiger partial charge in [0.25, 0.3) is 0 Å². The molecule has 0 saturated heterocycles. The van der Waals surface area contributed by atoms with Crippen LogP contribution in [0.1, 0.15) is 49.7 Å². The summed E-state index contributed by atoms with van der Waals surface area (Å²) in [5.41, 5.74) is 2.51. The normalized spacial score (nSPS) is 22.1. The fourth-order valence-electron chi connectivity index (χ4n) is 3.07. The van der Waals surface area contributed by atoms with Gasteiger partial charge < -0.3 is 14.2 Å². The van der Waals surface area contributed by atoms with Crippen LogP contribution >= 0.6 is 0 Å². The van der Waals surface area contributed by atoms with Crippen LogP contribution in [0.2, 0.25) is 0 Å². The molecule has 0 radical (unpaired) electrons. The standard InChI is InChI=1S/C16H22O3/c1-11-6-5-9-18-15-12-7-3-4-8-19-16(12)14(17-2)10-13(11)15/h10-11H,3-9H2,1-2H3. The number of methoxy groups -OCH3 is 1. The minimum Gasteiger partial charge on any atom is -0.493 e. The zero-order valence-electron chi connectivity index (χ0n) is 11.8. The second-order valence-corrected chi connectivity index (χ2v) is 5.50. The Morgan fingerprint density at radius 1 is 1.11 bits per heavy atom. The first-order chi connectivity index (χ1) is 9.31. The van der Waals surface area contributed by atoms with Gasteiger partial charge in [-0.2, -0.15) is 0 Å². The number of ether oxygens (including phenoxy) is 3. The van der Waals surface area contributed by atoms with E-state index >= 15 is 0 Å². The van der Waals surface area contributed by atoms with Crippen LogP contribution in [0.15, 0.2) is 6.07 Å². The fraction of sp³-hybridized carbons (Fsp3) is 0.625. The Bertz CT molecular complexity index is 468. The van der Waals surface area contributed by atoms with Crippen LogP contribution in [0, 0.1) is 0 Å². The van der Waals surface area contributed by atoms with Gasteiger partial charge in [0.1, 0.15) is 5.75 Å². The van der Waals surface area contributed by atoms with Crippen molar-refractivity contribution in [3.05, 3.63) is 17.2 Å². The summed E-state index contributed by atoms with van der Waals surface area (Å²) in [6.45, 7) is 3.87. The van der Waals surface area contributed by atoms with Crippen molar-refractivity contribution in [1.29, 1.82) is 0 Å². The summed E-state index contributed by atoms with van der Waals surface area (Å²) in [4.78, 5) is 0. The molecule has 2 aliphatic rings. The van der Waals surface area contributed by atoms with Crippen molar-refractivity contribution in [2.75, 3.05) is 20.3 Å². The highest BCUT2D eigenvalue weighted by atomic mass is 16.5. The molecule has 0 amide bonds. The predicted octanol–water partition coefficient (Wildman–Crippen LogP) is 3.69. The van der Waals surface area contributed by atoms with Crippen LogP contribution in [0.5, 0.6) is 17.2 Å². The monoisotopic (exact) mass is 262 g/mol. The second-order valence-electron chi connectivity index (χ2n) is 5.50. The van der Waals surface area contributed by atoms with Crippen molar-refractivity contribution in [2.24, 2.45) is 0 Å². The van der Waals surface area contributed by atoms with Crippen LogP contribution in [-0.2, 0) is 6.42 Å². The molecule has 1 aromatic carbocycles. The average molecular weight is 262 g/mol. The topological polar surface area (TPSA) is 27.7 Å². The Balaban J connectivity index is 2.17. The van der Waals surface area contributed by atoms with Crippen LogP contribution in [0.25, 0.3) is 0 Å². The lowest BCUT2D eigenvalue weighted by Crippen LogP contribution is -2.04. The molecule has 0 spiro atoms. The summed E-state index contributed by atoms with van der Waals surface area (Å²) in [7, 11) is 1.72.